The van der Waals surface area contributed by atoms with E-state index in [1.165, 1.54) is 23.7 Å². The highest BCUT2D eigenvalue weighted by molar-refractivity contribution is 6.06. The van der Waals surface area contributed by atoms with Crippen molar-refractivity contribution in [3.63, 3.8) is 0 Å². The molecule has 8 nitrogen and oxygen atoms in total. The summed E-state index contributed by atoms with van der Waals surface area (Å²) in [5.74, 6) is -1.54. The number of rotatable bonds is 7. The molecule has 0 atom stereocenters. The lowest BCUT2D eigenvalue weighted by atomic mass is 10.1. The first-order valence-corrected chi connectivity index (χ1v) is 11.5. The normalized spacial score (nSPS) is 10.6. The number of esters is 2. The molecule has 0 fully saturated rings. The van der Waals surface area contributed by atoms with Gasteiger partial charge in [0.25, 0.3) is 5.91 Å². The lowest BCUT2D eigenvalue weighted by Gasteiger charge is -2.12. The van der Waals surface area contributed by atoms with E-state index in [0.29, 0.717) is 39.5 Å². The van der Waals surface area contributed by atoms with E-state index in [9.17, 15) is 18.8 Å². The minimum absolute atomic E-state index is 0.0912. The average molecular weight is 502 g/mol. The van der Waals surface area contributed by atoms with Crippen LogP contribution in [0.2, 0.25) is 0 Å². The second-order valence-electron chi connectivity index (χ2n) is 8.08. The van der Waals surface area contributed by atoms with Crippen LogP contribution in [0.4, 0.5) is 10.1 Å². The maximum Gasteiger partial charge on any atom is 0.358 e. The number of nitrogens with zero attached hydrogens (tertiary/aromatic N) is 2. The van der Waals surface area contributed by atoms with Gasteiger partial charge in [0.05, 0.1) is 18.0 Å². The number of hydrogen-bond acceptors (Lipinski definition) is 6. The fourth-order valence-corrected chi connectivity index (χ4v) is 3.75. The molecule has 3 aromatic carbocycles. The van der Waals surface area contributed by atoms with Crippen molar-refractivity contribution in [3.05, 3.63) is 95.4 Å². The monoisotopic (exact) mass is 501 g/mol. The SMILES string of the molecule is CCOC(=O)c1cc(-c2cccc(NC(=O)c3cccc(OC(C)=O)c3C)c2)n(-c2ccc(F)cc2)n1. The number of nitrogens with one attached hydrogen (secondary N) is 1. The van der Waals surface area contributed by atoms with Gasteiger partial charge in [-0.25, -0.2) is 13.9 Å². The molecule has 0 aliphatic carbocycles. The molecular weight excluding hydrogens is 477 g/mol. The van der Waals surface area contributed by atoms with E-state index in [0.717, 1.165) is 0 Å². The highest BCUT2D eigenvalue weighted by atomic mass is 19.1. The molecule has 0 saturated heterocycles. The summed E-state index contributed by atoms with van der Waals surface area (Å²) in [5, 5.41) is 7.24. The highest BCUT2D eigenvalue weighted by Gasteiger charge is 2.19. The maximum atomic E-state index is 13.5. The van der Waals surface area contributed by atoms with Gasteiger partial charge in [-0.05, 0) is 68.4 Å². The van der Waals surface area contributed by atoms with Gasteiger partial charge in [-0.1, -0.05) is 18.2 Å². The van der Waals surface area contributed by atoms with Crippen LogP contribution in [-0.2, 0) is 9.53 Å². The van der Waals surface area contributed by atoms with E-state index < -0.39 is 17.8 Å². The molecule has 1 amide bonds. The van der Waals surface area contributed by atoms with Crippen LogP contribution in [0.3, 0.4) is 0 Å². The largest absolute Gasteiger partial charge is 0.461 e. The summed E-state index contributed by atoms with van der Waals surface area (Å²) < 4.78 is 25.3. The van der Waals surface area contributed by atoms with Gasteiger partial charge in [-0.15, -0.1) is 0 Å². The molecule has 188 valence electrons. The van der Waals surface area contributed by atoms with Gasteiger partial charge >= 0.3 is 11.9 Å². The molecule has 4 rings (SSSR count). The second-order valence-corrected chi connectivity index (χ2v) is 8.08. The van der Waals surface area contributed by atoms with Crippen LogP contribution >= 0.6 is 0 Å². The van der Waals surface area contributed by atoms with Crippen LogP contribution < -0.4 is 10.1 Å². The summed E-state index contributed by atoms with van der Waals surface area (Å²) in [7, 11) is 0. The molecule has 4 aromatic rings. The molecular formula is C28H24FN3O5. The Labute approximate surface area is 212 Å². The summed E-state index contributed by atoms with van der Waals surface area (Å²) in [5.41, 5.74) is 3.19. The molecule has 0 bridgehead atoms. The first kappa shape index (κ1) is 25.3. The van der Waals surface area contributed by atoms with Crippen molar-refractivity contribution in [2.75, 3.05) is 11.9 Å². The summed E-state index contributed by atoms with van der Waals surface area (Å²) >= 11 is 0. The Morgan fingerprint density at radius 2 is 1.73 bits per heavy atom. The van der Waals surface area contributed by atoms with Crippen molar-refractivity contribution in [2.45, 2.75) is 20.8 Å². The Morgan fingerprint density at radius 1 is 1.00 bits per heavy atom. The number of carbonyl (C=O) groups excluding carboxylic acids is 3. The standard InChI is InChI=1S/C28H24FN3O5/c1-4-36-28(35)24-16-25(32(31-24)22-13-11-20(29)12-14-22)19-7-5-8-21(15-19)30-27(34)23-9-6-10-26(17(23)2)37-18(3)33/h5-16H,4H2,1-3H3,(H,30,34). The number of ether oxygens (including phenoxy) is 2. The Morgan fingerprint density at radius 3 is 2.43 bits per heavy atom. The number of aromatic nitrogens is 2. The summed E-state index contributed by atoms with van der Waals surface area (Å²) in [6, 6.07) is 19.2. The van der Waals surface area contributed by atoms with E-state index in [1.807, 2.05) is 0 Å². The van der Waals surface area contributed by atoms with E-state index >= 15 is 0 Å². The Kier molecular flexibility index (Phi) is 7.43. The van der Waals surface area contributed by atoms with Gasteiger partial charge in [-0.2, -0.15) is 5.10 Å². The van der Waals surface area contributed by atoms with Crippen molar-refractivity contribution >= 4 is 23.5 Å². The van der Waals surface area contributed by atoms with Crippen molar-refractivity contribution in [3.8, 4) is 22.7 Å². The van der Waals surface area contributed by atoms with Gasteiger partial charge < -0.3 is 14.8 Å². The van der Waals surface area contributed by atoms with Gasteiger partial charge in [0.1, 0.15) is 11.6 Å². The molecule has 1 aromatic heterocycles. The van der Waals surface area contributed by atoms with Crippen LogP contribution in [0, 0.1) is 12.7 Å². The first-order valence-electron chi connectivity index (χ1n) is 11.5. The van der Waals surface area contributed by atoms with E-state index in [4.69, 9.17) is 9.47 Å². The molecule has 0 radical (unpaired) electrons. The zero-order valence-electron chi connectivity index (χ0n) is 20.4. The third kappa shape index (κ3) is 5.72. The van der Waals surface area contributed by atoms with Gasteiger partial charge in [0, 0.05) is 29.3 Å². The van der Waals surface area contributed by atoms with Crippen molar-refractivity contribution in [2.24, 2.45) is 0 Å². The van der Waals surface area contributed by atoms with Crippen LogP contribution in [0.5, 0.6) is 5.75 Å². The predicted molar refractivity (Wildman–Crippen MR) is 135 cm³/mol. The number of carbonyl (C=O) groups is 3. The van der Waals surface area contributed by atoms with Gasteiger partial charge in [0.2, 0.25) is 0 Å². The van der Waals surface area contributed by atoms with E-state index in [-0.39, 0.29) is 18.2 Å². The Hall–Kier alpha value is -4.79. The number of anilines is 1. The average Bonchev–Trinajstić information content (AvgIpc) is 3.31. The summed E-state index contributed by atoms with van der Waals surface area (Å²) in [4.78, 5) is 36.8. The fourth-order valence-electron chi connectivity index (χ4n) is 3.75. The summed E-state index contributed by atoms with van der Waals surface area (Å²) in [6.07, 6.45) is 0. The molecule has 37 heavy (non-hydrogen) atoms. The predicted octanol–water partition coefficient (Wildman–Crippen LogP) is 5.34. The molecule has 0 aliphatic heterocycles. The topological polar surface area (TPSA) is 99.5 Å². The third-order valence-electron chi connectivity index (χ3n) is 5.46. The molecule has 0 aliphatic rings. The molecule has 0 saturated carbocycles. The van der Waals surface area contributed by atoms with Gasteiger partial charge in [0.15, 0.2) is 5.69 Å². The van der Waals surface area contributed by atoms with Crippen LogP contribution in [0.1, 0.15) is 40.3 Å². The fraction of sp³-hybridized carbons (Fsp3) is 0.143. The smallest absolute Gasteiger partial charge is 0.358 e. The van der Waals surface area contributed by atoms with Crippen molar-refractivity contribution < 1.29 is 28.2 Å². The van der Waals surface area contributed by atoms with E-state index in [1.54, 1.807) is 74.5 Å². The van der Waals surface area contributed by atoms with Crippen LogP contribution in [-0.4, -0.2) is 34.2 Å². The first-order chi connectivity index (χ1) is 17.8. The third-order valence-corrected chi connectivity index (χ3v) is 5.46. The zero-order valence-corrected chi connectivity index (χ0v) is 20.4. The molecule has 0 unspecified atom stereocenters. The molecule has 9 heteroatoms. The number of benzene rings is 3. The minimum Gasteiger partial charge on any atom is -0.461 e. The maximum absolute atomic E-state index is 13.5. The molecule has 0 spiro atoms. The van der Waals surface area contributed by atoms with Crippen molar-refractivity contribution in [1.82, 2.24) is 9.78 Å². The number of amides is 1. The molecule has 1 N–H and O–H groups in total. The van der Waals surface area contributed by atoms with Crippen molar-refractivity contribution in [1.29, 1.82) is 0 Å². The summed E-state index contributed by atoms with van der Waals surface area (Å²) in [6.45, 7) is 4.88. The Bertz CT molecular complexity index is 1480. The highest BCUT2D eigenvalue weighted by Crippen LogP contribution is 2.28. The van der Waals surface area contributed by atoms with Gasteiger partial charge in [-0.3, -0.25) is 9.59 Å². The lowest BCUT2D eigenvalue weighted by molar-refractivity contribution is -0.131. The Balaban J connectivity index is 1.68. The lowest BCUT2D eigenvalue weighted by Crippen LogP contribution is -2.14. The number of halogens is 1. The second kappa shape index (κ2) is 10.9. The quantitative estimate of drug-likeness (QED) is 0.271. The van der Waals surface area contributed by atoms with Crippen LogP contribution in [0.15, 0.2) is 72.8 Å². The zero-order chi connectivity index (χ0) is 26.5. The minimum atomic E-state index is -0.586. The molecule has 1 heterocycles. The van der Waals surface area contributed by atoms with Crippen LogP contribution in [0.25, 0.3) is 16.9 Å². The van der Waals surface area contributed by atoms with E-state index in [2.05, 4.69) is 10.4 Å². The number of hydrogen-bond donors (Lipinski definition) is 1.